The number of methoxy groups -OCH3 is 1. The number of hydrogen-bond donors (Lipinski definition) is 1. The van der Waals surface area contributed by atoms with Gasteiger partial charge in [0.25, 0.3) is 0 Å². The number of carbonyl (C=O) groups excluding carboxylic acids is 2. The van der Waals surface area contributed by atoms with Gasteiger partial charge in [-0.1, -0.05) is 37.3 Å². The smallest absolute Gasteiger partial charge is 0.243 e. The summed E-state index contributed by atoms with van der Waals surface area (Å²) in [6.07, 6.45) is 0.535. The first-order valence-corrected chi connectivity index (χ1v) is 11.1. The van der Waals surface area contributed by atoms with E-state index in [4.69, 9.17) is 4.74 Å². The topological polar surface area (TPSA) is 58.6 Å². The summed E-state index contributed by atoms with van der Waals surface area (Å²) in [5.41, 5.74) is 0.558. The molecule has 0 unspecified atom stereocenters. The zero-order valence-corrected chi connectivity index (χ0v) is 19.3. The lowest BCUT2D eigenvalue weighted by Gasteiger charge is -2.33. The molecule has 2 aromatic carbocycles. The van der Waals surface area contributed by atoms with Crippen molar-refractivity contribution in [1.29, 1.82) is 0 Å². The number of rotatable bonds is 9. The Morgan fingerprint density at radius 2 is 1.80 bits per heavy atom. The molecule has 1 N–H and O–H groups in total. The van der Waals surface area contributed by atoms with Gasteiger partial charge in [-0.3, -0.25) is 9.59 Å². The fourth-order valence-corrected chi connectivity index (χ4v) is 3.89. The lowest BCUT2D eigenvalue weighted by Crippen LogP contribution is -2.53. The average molecular weight is 429 g/mol. The van der Waals surface area contributed by atoms with Crippen molar-refractivity contribution in [3.05, 3.63) is 60.2 Å². The van der Waals surface area contributed by atoms with Gasteiger partial charge in [-0.15, -0.1) is 11.8 Å². The van der Waals surface area contributed by atoms with Crippen LogP contribution in [0.2, 0.25) is 0 Å². The molecule has 0 aliphatic heterocycles. The van der Waals surface area contributed by atoms with Crippen LogP contribution < -0.4 is 10.1 Å². The van der Waals surface area contributed by atoms with E-state index >= 15 is 0 Å². The minimum Gasteiger partial charge on any atom is -0.497 e. The van der Waals surface area contributed by atoms with Gasteiger partial charge >= 0.3 is 0 Å². The molecule has 162 valence electrons. The van der Waals surface area contributed by atoms with Crippen molar-refractivity contribution in [2.75, 3.05) is 12.9 Å². The number of nitrogens with one attached hydrogen (secondary N) is 1. The molecular formula is C24H32N2O3S. The van der Waals surface area contributed by atoms with Gasteiger partial charge in [0, 0.05) is 17.0 Å². The van der Waals surface area contributed by atoms with Gasteiger partial charge in [0.15, 0.2) is 0 Å². The van der Waals surface area contributed by atoms with Crippen LogP contribution in [0, 0.1) is 0 Å². The number of nitrogens with zero attached hydrogens (tertiary/aromatic N) is 1. The first kappa shape index (κ1) is 23.8. The average Bonchev–Trinajstić information content (AvgIpc) is 2.71. The van der Waals surface area contributed by atoms with Crippen LogP contribution in [0.4, 0.5) is 0 Å². The van der Waals surface area contributed by atoms with Crippen molar-refractivity contribution in [3.8, 4) is 5.75 Å². The van der Waals surface area contributed by atoms with Crippen LogP contribution in [0.5, 0.6) is 5.75 Å². The Labute approximate surface area is 184 Å². The largest absolute Gasteiger partial charge is 0.497 e. The number of ether oxygens (including phenoxy) is 1. The molecule has 6 heteroatoms. The molecule has 0 aromatic heterocycles. The molecule has 5 nitrogen and oxygen atoms in total. The highest BCUT2D eigenvalue weighted by atomic mass is 32.2. The molecule has 0 aliphatic carbocycles. The third kappa shape index (κ3) is 7.41. The van der Waals surface area contributed by atoms with Gasteiger partial charge in [0.1, 0.15) is 11.8 Å². The third-order valence-electron chi connectivity index (χ3n) is 4.48. The van der Waals surface area contributed by atoms with E-state index in [0.717, 1.165) is 16.2 Å². The maximum Gasteiger partial charge on any atom is 0.243 e. The predicted octanol–water partition coefficient (Wildman–Crippen LogP) is 4.51. The molecule has 0 radical (unpaired) electrons. The summed E-state index contributed by atoms with van der Waals surface area (Å²) in [7, 11) is 1.62. The Hall–Kier alpha value is -2.47. The van der Waals surface area contributed by atoms with Gasteiger partial charge in [0.05, 0.1) is 12.9 Å². The Balaban J connectivity index is 2.24. The summed E-state index contributed by atoms with van der Waals surface area (Å²) in [6, 6.07) is 16.9. The second kappa shape index (κ2) is 11.1. The minimum absolute atomic E-state index is 0.0671. The molecule has 2 aromatic rings. The molecule has 0 spiro atoms. The number of amides is 2. The summed E-state index contributed by atoms with van der Waals surface area (Å²) >= 11 is 1.48. The second-order valence-electron chi connectivity index (χ2n) is 8.14. The summed E-state index contributed by atoms with van der Waals surface area (Å²) in [5.74, 6) is 0.798. The lowest BCUT2D eigenvalue weighted by molar-refractivity contribution is -0.140. The van der Waals surface area contributed by atoms with Gasteiger partial charge in [0.2, 0.25) is 11.8 Å². The molecule has 0 fully saturated rings. The molecule has 0 aliphatic rings. The quantitative estimate of drug-likeness (QED) is 0.597. The van der Waals surface area contributed by atoms with Crippen LogP contribution in [0.1, 0.15) is 39.7 Å². The van der Waals surface area contributed by atoms with Gasteiger partial charge < -0.3 is 15.0 Å². The zero-order chi connectivity index (χ0) is 22.1. The van der Waals surface area contributed by atoms with E-state index in [1.54, 1.807) is 12.0 Å². The van der Waals surface area contributed by atoms with Crippen LogP contribution in [-0.4, -0.2) is 41.2 Å². The van der Waals surface area contributed by atoms with Gasteiger partial charge in [-0.25, -0.2) is 0 Å². The number of carbonyl (C=O) groups is 2. The van der Waals surface area contributed by atoms with E-state index in [-0.39, 0.29) is 23.1 Å². The summed E-state index contributed by atoms with van der Waals surface area (Å²) in [4.78, 5) is 28.9. The Bertz CT molecular complexity index is 834. The Morgan fingerprint density at radius 1 is 1.10 bits per heavy atom. The number of hydrogen-bond acceptors (Lipinski definition) is 4. The van der Waals surface area contributed by atoms with Crippen LogP contribution in [-0.2, 0) is 16.1 Å². The fraction of sp³-hybridized carbons (Fsp3) is 0.417. The molecular weight excluding hydrogens is 396 g/mol. The molecule has 1 atom stereocenters. The summed E-state index contributed by atoms with van der Waals surface area (Å²) in [5, 5.41) is 3.02. The lowest BCUT2D eigenvalue weighted by atomic mass is 10.1. The fourth-order valence-electron chi connectivity index (χ4n) is 3.08. The highest BCUT2D eigenvalue weighted by Crippen LogP contribution is 2.21. The van der Waals surface area contributed by atoms with E-state index < -0.39 is 6.04 Å². The highest BCUT2D eigenvalue weighted by molar-refractivity contribution is 8.00. The van der Waals surface area contributed by atoms with Crippen LogP contribution in [0.3, 0.4) is 0 Å². The van der Waals surface area contributed by atoms with Gasteiger partial charge in [-0.2, -0.15) is 0 Å². The van der Waals surface area contributed by atoms with Crippen LogP contribution in [0.15, 0.2) is 59.5 Å². The van der Waals surface area contributed by atoms with E-state index in [2.05, 4.69) is 5.32 Å². The minimum atomic E-state index is -0.542. The Kier molecular flexibility index (Phi) is 8.78. The van der Waals surface area contributed by atoms with Crippen molar-refractivity contribution in [2.24, 2.45) is 0 Å². The Morgan fingerprint density at radius 3 is 2.40 bits per heavy atom. The molecule has 30 heavy (non-hydrogen) atoms. The van der Waals surface area contributed by atoms with E-state index in [9.17, 15) is 9.59 Å². The normalized spacial score (nSPS) is 12.2. The summed E-state index contributed by atoms with van der Waals surface area (Å²) < 4.78 is 5.32. The molecule has 0 heterocycles. The van der Waals surface area contributed by atoms with Crippen LogP contribution >= 0.6 is 11.8 Å². The predicted molar refractivity (Wildman–Crippen MR) is 123 cm³/mol. The van der Waals surface area contributed by atoms with E-state index in [0.29, 0.717) is 13.0 Å². The van der Waals surface area contributed by atoms with Crippen molar-refractivity contribution >= 4 is 23.6 Å². The van der Waals surface area contributed by atoms with E-state index in [1.807, 2.05) is 82.3 Å². The number of thioether (sulfide) groups is 1. The van der Waals surface area contributed by atoms with Crippen molar-refractivity contribution < 1.29 is 14.3 Å². The SMILES string of the molecule is CC[C@@H](C(=O)NC(C)(C)C)N(Cc1cccc(OC)c1)C(=O)CSc1ccccc1. The maximum atomic E-state index is 13.2. The van der Waals surface area contributed by atoms with Crippen molar-refractivity contribution in [1.82, 2.24) is 10.2 Å². The zero-order valence-electron chi connectivity index (χ0n) is 18.5. The second-order valence-corrected chi connectivity index (χ2v) is 9.19. The molecule has 2 rings (SSSR count). The van der Waals surface area contributed by atoms with E-state index in [1.165, 1.54) is 11.8 Å². The van der Waals surface area contributed by atoms with Crippen LogP contribution in [0.25, 0.3) is 0 Å². The monoisotopic (exact) mass is 428 g/mol. The van der Waals surface area contributed by atoms with Gasteiger partial charge in [-0.05, 0) is 57.0 Å². The third-order valence-corrected chi connectivity index (χ3v) is 5.47. The molecule has 0 saturated carbocycles. The standard InChI is InChI=1S/C24H32N2O3S/c1-6-21(23(28)25-24(2,3)4)26(16-18-11-10-12-19(15-18)29-5)22(27)17-30-20-13-8-7-9-14-20/h7-15,21H,6,16-17H2,1-5H3,(H,25,28)/t21-/m0/s1. The summed E-state index contributed by atoms with van der Waals surface area (Å²) in [6.45, 7) is 8.11. The molecule has 0 bridgehead atoms. The maximum absolute atomic E-state index is 13.2. The highest BCUT2D eigenvalue weighted by Gasteiger charge is 2.30. The molecule has 0 saturated heterocycles. The number of benzene rings is 2. The first-order chi connectivity index (χ1) is 14.2. The van der Waals surface area contributed by atoms with Crippen molar-refractivity contribution in [2.45, 2.75) is 57.1 Å². The van der Waals surface area contributed by atoms with Crippen molar-refractivity contribution in [3.63, 3.8) is 0 Å². The molecule has 2 amide bonds. The first-order valence-electron chi connectivity index (χ1n) is 10.2.